The van der Waals surface area contributed by atoms with Gasteiger partial charge in [-0.3, -0.25) is 4.84 Å². The smallest absolute Gasteiger partial charge is 0.254 e. The zero-order chi connectivity index (χ0) is 10.7. The molecule has 5 heteroatoms. The normalized spacial score (nSPS) is 26.0. The Morgan fingerprint density at radius 3 is 3.07 bits per heavy atom. The van der Waals surface area contributed by atoms with Gasteiger partial charge in [-0.1, -0.05) is 18.5 Å². The van der Waals surface area contributed by atoms with Gasteiger partial charge in [-0.2, -0.15) is 4.98 Å². The van der Waals surface area contributed by atoms with Crippen molar-refractivity contribution < 1.29 is 9.36 Å². The molecule has 0 aromatic carbocycles. The Balaban J connectivity index is 1.97. The third-order valence-electron chi connectivity index (χ3n) is 3.17. The molecule has 0 amide bonds. The summed E-state index contributed by atoms with van der Waals surface area (Å²) in [7, 11) is 0. The molecule has 1 aliphatic rings. The van der Waals surface area contributed by atoms with E-state index in [1.807, 2.05) is 0 Å². The van der Waals surface area contributed by atoms with Gasteiger partial charge in [-0.25, -0.2) is 5.90 Å². The highest BCUT2D eigenvalue weighted by Gasteiger charge is 2.28. The average molecular weight is 211 g/mol. The van der Waals surface area contributed by atoms with Crippen LogP contribution in [-0.4, -0.2) is 10.1 Å². The van der Waals surface area contributed by atoms with E-state index in [2.05, 4.69) is 21.9 Å². The Morgan fingerprint density at radius 1 is 1.53 bits per heavy atom. The van der Waals surface area contributed by atoms with Crippen molar-refractivity contribution in [2.24, 2.45) is 11.8 Å². The van der Waals surface area contributed by atoms with E-state index < -0.39 is 0 Å². The molecule has 1 aromatic rings. The maximum absolute atomic E-state index is 5.02. The van der Waals surface area contributed by atoms with Gasteiger partial charge in [0.15, 0.2) is 5.82 Å². The van der Waals surface area contributed by atoms with Crippen LogP contribution >= 0.6 is 0 Å². The van der Waals surface area contributed by atoms with Crippen LogP contribution in [0.4, 0.5) is 0 Å². The van der Waals surface area contributed by atoms with Gasteiger partial charge < -0.3 is 4.52 Å². The summed E-state index contributed by atoms with van der Waals surface area (Å²) in [4.78, 5) is 8.72. The van der Waals surface area contributed by atoms with Crippen molar-refractivity contribution in [2.75, 3.05) is 0 Å². The fourth-order valence-corrected chi connectivity index (χ4v) is 2.24. The summed E-state index contributed by atoms with van der Waals surface area (Å²) in [6.07, 6.45) is 4.87. The second-order valence-corrected chi connectivity index (χ2v) is 4.14. The van der Waals surface area contributed by atoms with Crippen LogP contribution in [0.1, 0.15) is 50.2 Å². The van der Waals surface area contributed by atoms with Gasteiger partial charge in [-0.15, -0.1) is 0 Å². The lowest BCUT2D eigenvalue weighted by atomic mass is 10.0. The van der Waals surface area contributed by atoms with Crippen molar-refractivity contribution in [3.05, 3.63) is 11.7 Å². The third kappa shape index (κ3) is 2.35. The van der Waals surface area contributed by atoms with E-state index >= 15 is 0 Å². The molecular formula is C10H17N3O2. The SMILES string of the molecule is CCC1CCC(c2noc(CON)n2)C1. The molecule has 1 aromatic heterocycles. The Morgan fingerprint density at radius 2 is 2.40 bits per heavy atom. The van der Waals surface area contributed by atoms with Gasteiger partial charge in [0.05, 0.1) is 0 Å². The van der Waals surface area contributed by atoms with Crippen LogP contribution in [0, 0.1) is 5.92 Å². The van der Waals surface area contributed by atoms with Gasteiger partial charge in [0, 0.05) is 5.92 Å². The molecule has 1 aliphatic carbocycles. The van der Waals surface area contributed by atoms with Crippen LogP contribution in [-0.2, 0) is 11.4 Å². The monoisotopic (exact) mass is 211 g/mol. The van der Waals surface area contributed by atoms with E-state index in [1.165, 1.54) is 25.7 Å². The summed E-state index contributed by atoms with van der Waals surface area (Å²) in [6, 6.07) is 0. The van der Waals surface area contributed by atoms with Gasteiger partial charge in [0.25, 0.3) is 5.89 Å². The summed E-state index contributed by atoms with van der Waals surface area (Å²) >= 11 is 0. The Bertz CT molecular complexity index is 313. The van der Waals surface area contributed by atoms with Crippen molar-refractivity contribution in [1.29, 1.82) is 0 Å². The van der Waals surface area contributed by atoms with Crippen molar-refractivity contribution >= 4 is 0 Å². The molecule has 0 saturated heterocycles. The van der Waals surface area contributed by atoms with Gasteiger partial charge in [-0.05, 0) is 25.2 Å². The standard InChI is InChI=1S/C10H17N3O2/c1-2-7-3-4-8(5-7)10-12-9(6-14-11)15-13-10/h7-8H,2-6,11H2,1H3. The highest BCUT2D eigenvalue weighted by molar-refractivity contribution is 4.99. The molecule has 1 fully saturated rings. The fraction of sp³-hybridized carbons (Fsp3) is 0.800. The second kappa shape index (κ2) is 4.72. The van der Waals surface area contributed by atoms with Crippen LogP contribution in [0.3, 0.4) is 0 Å². The summed E-state index contributed by atoms with van der Waals surface area (Å²) < 4.78 is 5.02. The highest BCUT2D eigenvalue weighted by Crippen LogP contribution is 2.38. The topological polar surface area (TPSA) is 74.2 Å². The van der Waals surface area contributed by atoms with Gasteiger partial charge >= 0.3 is 0 Å². The lowest BCUT2D eigenvalue weighted by Gasteiger charge is -2.04. The molecule has 1 saturated carbocycles. The van der Waals surface area contributed by atoms with Crippen molar-refractivity contribution in [2.45, 2.75) is 45.1 Å². The number of aromatic nitrogens is 2. The maximum Gasteiger partial charge on any atom is 0.254 e. The van der Waals surface area contributed by atoms with Crippen molar-refractivity contribution in [3.63, 3.8) is 0 Å². The quantitative estimate of drug-likeness (QED) is 0.768. The van der Waals surface area contributed by atoms with Crippen LogP contribution < -0.4 is 5.90 Å². The number of hydrogen-bond acceptors (Lipinski definition) is 5. The fourth-order valence-electron chi connectivity index (χ4n) is 2.24. The zero-order valence-electron chi connectivity index (χ0n) is 8.98. The summed E-state index contributed by atoms with van der Waals surface area (Å²) in [5.74, 6) is 7.51. The minimum absolute atomic E-state index is 0.191. The van der Waals surface area contributed by atoms with E-state index in [4.69, 9.17) is 10.4 Å². The first-order chi connectivity index (χ1) is 7.33. The Kier molecular flexibility index (Phi) is 3.33. The zero-order valence-corrected chi connectivity index (χ0v) is 8.98. The minimum Gasteiger partial charge on any atom is -0.337 e. The molecule has 0 spiro atoms. The first kappa shape index (κ1) is 10.6. The van der Waals surface area contributed by atoms with Crippen LogP contribution in [0.2, 0.25) is 0 Å². The lowest BCUT2D eigenvalue weighted by Crippen LogP contribution is -2.00. The van der Waals surface area contributed by atoms with E-state index in [-0.39, 0.29) is 6.61 Å². The number of rotatable bonds is 4. The third-order valence-corrected chi connectivity index (χ3v) is 3.17. The van der Waals surface area contributed by atoms with E-state index in [0.717, 1.165) is 11.7 Å². The van der Waals surface area contributed by atoms with Gasteiger partial charge in [0.1, 0.15) is 6.61 Å². The molecule has 0 aliphatic heterocycles. The van der Waals surface area contributed by atoms with E-state index in [0.29, 0.717) is 11.8 Å². The molecule has 2 N–H and O–H groups in total. The minimum atomic E-state index is 0.191. The maximum atomic E-state index is 5.02. The highest BCUT2D eigenvalue weighted by atomic mass is 16.6. The molecule has 15 heavy (non-hydrogen) atoms. The van der Waals surface area contributed by atoms with E-state index in [9.17, 15) is 0 Å². The molecule has 0 radical (unpaired) electrons. The number of nitrogens with zero attached hydrogens (tertiary/aromatic N) is 2. The predicted molar refractivity (Wildman–Crippen MR) is 53.6 cm³/mol. The summed E-state index contributed by atoms with van der Waals surface area (Å²) in [6.45, 7) is 2.42. The van der Waals surface area contributed by atoms with Crippen LogP contribution in [0.25, 0.3) is 0 Å². The molecule has 2 rings (SSSR count). The molecular weight excluding hydrogens is 194 g/mol. The van der Waals surface area contributed by atoms with Crippen LogP contribution in [0.15, 0.2) is 4.52 Å². The molecule has 84 valence electrons. The second-order valence-electron chi connectivity index (χ2n) is 4.14. The van der Waals surface area contributed by atoms with E-state index in [1.54, 1.807) is 0 Å². The predicted octanol–water partition coefficient (Wildman–Crippen LogP) is 1.75. The van der Waals surface area contributed by atoms with Crippen molar-refractivity contribution in [3.8, 4) is 0 Å². The first-order valence-corrected chi connectivity index (χ1v) is 5.47. The Hall–Kier alpha value is -0.940. The number of nitrogens with two attached hydrogens (primary N) is 1. The molecule has 5 nitrogen and oxygen atoms in total. The van der Waals surface area contributed by atoms with Crippen molar-refractivity contribution in [1.82, 2.24) is 10.1 Å². The van der Waals surface area contributed by atoms with Gasteiger partial charge in [0.2, 0.25) is 0 Å². The summed E-state index contributed by atoms with van der Waals surface area (Å²) in [5, 5.41) is 3.96. The molecule has 2 atom stereocenters. The molecule has 1 heterocycles. The lowest BCUT2D eigenvalue weighted by molar-refractivity contribution is 0.0995. The Labute approximate surface area is 88.9 Å². The number of hydrogen-bond donors (Lipinski definition) is 1. The largest absolute Gasteiger partial charge is 0.337 e. The molecule has 0 bridgehead atoms. The average Bonchev–Trinajstić information content (AvgIpc) is 2.85. The molecule has 2 unspecified atom stereocenters. The summed E-state index contributed by atoms with van der Waals surface area (Å²) in [5.41, 5.74) is 0. The van der Waals surface area contributed by atoms with Crippen LogP contribution in [0.5, 0.6) is 0 Å². The first-order valence-electron chi connectivity index (χ1n) is 5.47.